The molecule has 20 heteroatoms. The number of nitrogens with one attached hydrogen (secondary N) is 1. The lowest BCUT2D eigenvalue weighted by Gasteiger charge is -2.16. The monoisotopic (exact) mass is 577 g/mol. The maximum absolute atomic E-state index is 10.9. The molecule has 8 atom stereocenters. The topological polar surface area (TPSA) is 308 Å². The molecule has 6 rings (SSSR count). The van der Waals surface area contributed by atoms with Crippen LogP contribution in [0.25, 0.3) is 22.3 Å². The van der Waals surface area contributed by atoms with E-state index >= 15 is 0 Å². The number of imidazole rings is 2. The number of ether oxygens (including phenoxy) is 2. The molecule has 2 aliphatic heterocycles. The van der Waals surface area contributed by atoms with E-state index in [1.54, 1.807) is 0 Å². The fraction of sp³-hybridized carbons (Fsp3) is 0.476. The van der Waals surface area contributed by atoms with Gasteiger partial charge in [-0.25, -0.2) is 34.7 Å². The fourth-order valence-electron chi connectivity index (χ4n) is 4.52. The van der Waals surface area contributed by atoms with Gasteiger partial charge in [0.25, 0.3) is 0 Å². The number of carbonyl (C=O) groups is 1. The lowest BCUT2D eigenvalue weighted by molar-refractivity contribution is -0.0511. The highest BCUT2D eigenvalue weighted by Gasteiger charge is 2.45. The third-order valence-electron chi connectivity index (χ3n) is 6.57. The molecule has 6 heterocycles. The lowest BCUT2D eigenvalue weighted by Crippen LogP contribution is -2.33. The Morgan fingerprint density at radius 2 is 1.27 bits per heavy atom. The van der Waals surface area contributed by atoms with E-state index in [0.717, 1.165) is 0 Å². The Morgan fingerprint density at radius 3 is 1.76 bits per heavy atom. The molecular weight excluding hydrogens is 550 g/mol. The van der Waals surface area contributed by atoms with Crippen molar-refractivity contribution in [1.29, 1.82) is 0 Å². The van der Waals surface area contributed by atoms with Crippen molar-refractivity contribution in [2.45, 2.75) is 49.1 Å². The lowest BCUT2D eigenvalue weighted by atomic mass is 10.1. The van der Waals surface area contributed by atoms with Gasteiger partial charge < -0.3 is 51.6 Å². The van der Waals surface area contributed by atoms with Gasteiger partial charge in [0.2, 0.25) is 0 Å². The van der Waals surface area contributed by atoms with Gasteiger partial charge in [-0.2, -0.15) is 0 Å². The predicted molar refractivity (Wildman–Crippen MR) is 134 cm³/mol. The molecule has 0 radical (unpaired) electrons. The maximum atomic E-state index is 10.9. The highest BCUT2D eigenvalue weighted by atomic mass is 16.6. The van der Waals surface area contributed by atoms with Crippen molar-refractivity contribution in [3.63, 3.8) is 0 Å². The van der Waals surface area contributed by atoms with Crippen LogP contribution in [-0.4, -0.2) is 126 Å². The molecule has 4 aromatic heterocycles. The molecule has 20 nitrogen and oxygen atoms in total. The summed E-state index contributed by atoms with van der Waals surface area (Å²) in [6, 6.07) is -0.803. The van der Waals surface area contributed by atoms with Gasteiger partial charge in [0.15, 0.2) is 40.9 Å². The van der Waals surface area contributed by atoms with Gasteiger partial charge in [0.1, 0.15) is 54.8 Å². The first-order valence-electron chi connectivity index (χ1n) is 12.1. The van der Waals surface area contributed by atoms with Crippen molar-refractivity contribution in [2.75, 3.05) is 24.3 Å². The number of urea groups is 1. The summed E-state index contributed by atoms with van der Waals surface area (Å²) in [5, 5.41) is 60.0. The molecule has 0 saturated carbocycles. The first-order chi connectivity index (χ1) is 19.7. The molecule has 0 bridgehead atoms. The van der Waals surface area contributed by atoms with Crippen LogP contribution < -0.4 is 16.8 Å². The van der Waals surface area contributed by atoms with Gasteiger partial charge in [-0.15, -0.1) is 0 Å². The van der Waals surface area contributed by atoms with Gasteiger partial charge in [0.05, 0.1) is 25.9 Å². The molecule has 2 amide bonds. The molecule has 0 unspecified atom stereocenters. The Hall–Kier alpha value is -4.15. The van der Waals surface area contributed by atoms with Crippen molar-refractivity contribution >= 4 is 40.0 Å². The minimum absolute atomic E-state index is 0.114. The summed E-state index contributed by atoms with van der Waals surface area (Å²) in [6.45, 7) is -0.830. The van der Waals surface area contributed by atoms with Crippen molar-refractivity contribution in [2.24, 2.45) is 5.73 Å². The Morgan fingerprint density at radius 1 is 0.780 bits per heavy atom. The van der Waals surface area contributed by atoms with Gasteiger partial charge in [-0.3, -0.25) is 14.5 Å². The maximum Gasteiger partial charge on any atom is 0.317 e. The van der Waals surface area contributed by atoms with Crippen LogP contribution in [0, 0.1) is 0 Å². The quantitative estimate of drug-likeness (QED) is 0.109. The van der Waals surface area contributed by atoms with Gasteiger partial charge in [-0.05, 0) is 0 Å². The minimum Gasteiger partial charge on any atom is -0.394 e. The van der Waals surface area contributed by atoms with Crippen LogP contribution in [0.3, 0.4) is 0 Å². The number of aromatic nitrogens is 8. The zero-order valence-corrected chi connectivity index (χ0v) is 21.0. The van der Waals surface area contributed by atoms with Crippen LogP contribution in [0.1, 0.15) is 12.5 Å². The minimum atomic E-state index is -1.27. The number of nitrogens with two attached hydrogens (primary N) is 2. The zero-order chi connectivity index (χ0) is 29.4. The molecule has 0 aliphatic carbocycles. The van der Waals surface area contributed by atoms with Crippen molar-refractivity contribution in [1.82, 2.24) is 39.0 Å². The third kappa shape index (κ3) is 5.09. The molecule has 11 N–H and O–H groups in total. The number of aliphatic hydroxyl groups is 6. The van der Waals surface area contributed by atoms with Gasteiger partial charge in [0, 0.05) is 0 Å². The van der Waals surface area contributed by atoms with E-state index in [-0.39, 0.29) is 22.8 Å². The standard InChI is InChI=1S/C11H14N6O5.C10H13N5O4/c12-11(21)16-8-5-9(14-2-13-8)17(3-15-5)10-7(20)6(19)4(1-18)22-10;11-8-5-9(13-2-12-8)15(3-14-5)10-7(18)6(17)4(1-16)19-10/h2-4,6-7,10,18-20H,1H2,(H3,12,13,14,16,21);2-4,6-7,10,16-18H,1H2,(H2,11,12,13)/t2*4-,6-,7-,10-/m11/s1. The van der Waals surface area contributed by atoms with E-state index in [9.17, 15) is 25.2 Å². The molecule has 2 fully saturated rings. The van der Waals surface area contributed by atoms with Crippen LogP contribution >= 0.6 is 0 Å². The van der Waals surface area contributed by atoms with E-state index in [1.807, 2.05) is 0 Å². The van der Waals surface area contributed by atoms with E-state index in [1.165, 1.54) is 34.4 Å². The molecule has 4 aromatic rings. The molecule has 41 heavy (non-hydrogen) atoms. The smallest absolute Gasteiger partial charge is 0.317 e. The number of hydrogen-bond acceptors (Lipinski definition) is 16. The van der Waals surface area contributed by atoms with Crippen LogP contribution in [0.5, 0.6) is 0 Å². The second-order valence-electron chi connectivity index (χ2n) is 9.08. The SMILES string of the molecule is NC(=O)Nc1ncnc2c1ncn2[C@@H]1O[C@H](CO)[C@@H](O)[C@H]1O.Nc1ncnc2c1ncn2[C@@H]1O[C@H](CO)[C@@H](O)[C@H]1O. The number of hydrogen-bond donors (Lipinski definition) is 9. The summed E-state index contributed by atoms with van der Waals surface area (Å²) in [5.41, 5.74) is 12.0. The Kier molecular flexibility index (Phi) is 7.88. The Bertz CT molecular complexity index is 1530. The number of nitrogen functional groups attached to an aromatic ring is 1. The number of carbonyl (C=O) groups excluding carboxylic acids is 1. The Balaban J connectivity index is 0.000000166. The van der Waals surface area contributed by atoms with E-state index < -0.39 is 68.3 Å². The number of rotatable bonds is 5. The summed E-state index contributed by atoms with van der Waals surface area (Å²) in [4.78, 5) is 34.8. The second kappa shape index (κ2) is 11.4. The van der Waals surface area contributed by atoms with Crippen LogP contribution in [0.4, 0.5) is 16.4 Å². The van der Waals surface area contributed by atoms with E-state index in [4.69, 9.17) is 31.2 Å². The van der Waals surface area contributed by atoms with E-state index in [2.05, 4.69) is 35.2 Å². The molecule has 220 valence electrons. The third-order valence-corrected chi connectivity index (χ3v) is 6.57. The highest BCUT2D eigenvalue weighted by molar-refractivity contribution is 5.95. The first-order valence-corrected chi connectivity index (χ1v) is 12.1. The average Bonchev–Trinajstić information content (AvgIpc) is 3.71. The number of nitrogens with zero attached hydrogens (tertiary/aromatic N) is 8. The Labute approximate surface area is 228 Å². The van der Waals surface area contributed by atoms with Gasteiger partial charge in [-0.1, -0.05) is 0 Å². The molecule has 2 aliphatic rings. The normalized spacial score (nSPS) is 29.5. The number of fused-ring (bicyclic) bond motifs is 2. The first kappa shape index (κ1) is 28.4. The molecule has 0 spiro atoms. The van der Waals surface area contributed by atoms with Crippen molar-refractivity contribution in [3.05, 3.63) is 25.3 Å². The zero-order valence-electron chi connectivity index (χ0n) is 21.0. The van der Waals surface area contributed by atoms with Crippen molar-refractivity contribution < 1.29 is 44.9 Å². The second-order valence-corrected chi connectivity index (χ2v) is 9.08. The molecule has 0 aromatic carbocycles. The largest absolute Gasteiger partial charge is 0.394 e. The van der Waals surface area contributed by atoms with E-state index in [0.29, 0.717) is 11.2 Å². The number of primary amides is 1. The molecule has 2 saturated heterocycles. The van der Waals surface area contributed by atoms with Crippen LogP contribution in [0.2, 0.25) is 0 Å². The van der Waals surface area contributed by atoms with Crippen LogP contribution in [-0.2, 0) is 9.47 Å². The predicted octanol–water partition coefficient (Wildman–Crippen LogP) is -4.05. The summed E-state index contributed by atoms with van der Waals surface area (Å²) >= 11 is 0. The van der Waals surface area contributed by atoms with Crippen molar-refractivity contribution in [3.8, 4) is 0 Å². The number of aliphatic hydroxyl groups excluding tert-OH is 6. The van der Waals surface area contributed by atoms with Gasteiger partial charge >= 0.3 is 6.03 Å². The average molecular weight is 578 g/mol. The number of amides is 2. The summed E-state index contributed by atoms with van der Waals surface area (Å²) in [6.07, 6.45) is -3.31. The summed E-state index contributed by atoms with van der Waals surface area (Å²) in [5.74, 6) is 0.332. The molecular formula is C21H27N11O9. The van der Waals surface area contributed by atoms with Crippen LogP contribution in [0.15, 0.2) is 25.3 Å². The highest BCUT2D eigenvalue weighted by Crippen LogP contribution is 2.33. The summed E-state index contributed by atoms with van der Waals surface area (Å²) < 4.78 is 13.6. The fourth-order valence-corrected chi connectivity index (χ4v) is 4.52. The number of anilines is 2. The summed E-state index contributed by atoms with van der Waals surface area (Å²) in [7, 11) is 0.